The van der Waals surface area contributed by atoms with E-state index in [1.165, 1.54) is 16.4 Å². The summed E-state index contributed by atoms with van der Waals surface area (Å²) in [5.74, 6) is 0.628. The quantitative estimate of drug-likeness (QED) is 0.804. The molecule has 2 aromatic rings. The van der Waals surface area contributed by atoms with Gasteiger partial charge in [-0.3, -0.25) is 0 Å². The average Bonchev–Trinajstić information content (AvgIpc) is 2.56. The van der Waals surface area contributed by atoms with Crippen molar-refractivity contribution in [1.29, 1.82) is 0 Å². The molecule has 0 saturated carbocycles. The van der Waals surface area contributed by atoms with Gasteiger partial charge in [-0.25, -0.2) is 8.42 Å². The van der Waals surface area contributed by atoms with Crippen molar-refractivity contribution in [3.63, 3.8) is 0 Å². The maximum absolute atomic E-state index is 12.8. The largest absolute Gasteiger partial charge is 0.494 e. The highest BCUT2D eigenvalue weighted by atomic mass is 32.2. The number of aliphatic hydroxyl groups is 1. The Morgan fingerprint density at radius 3 is 2.26 bits per heavy atom. The van der Waals surface area contributed by atoms with E-state index in [0.29, 0.717) is 12.4 Å². The van der Waals surface area contributed by atoms with Crippen molar-refractivity contribution in [3.05, 3.63) is 60.2 Å². The van der Waals surface area contributed by atoms with E-state index in [2.05, 4.69) is 0 Å². The second kappa shape index (κ2) is 8.10. The van der Waals surface area contributed by atoms with Gasteiger partial charge in [-0.05, 0) is 36.8 Å². The van der Waals surface area contributed by atoms with Crippen LogP contribution in [0.3, 0.4) is 0 Å². The third-order valence-electron chi connectivity index (χ3n) is 3.32. The van der Waals surface area contributed by atoms with Gasteiger partial charge < -0.3 is 9.84 Å². The molecule has 0 aliphatic heterocycles. The molecule has 5 nitrogen and oxygen atoms in total. The highest BCUT2D eigenvalue weighted by molar-refractivity contribution is 7.89. The van der Waals surface area contributed by atoms with Crippen LogP contribution in [-0.4, -0.2) is 37.6 Å². The van der Waals surface area contributed by atoms with Crippen LogP contribution in [-0.2, 0) is 16.6 Å². The van der Waals surface area contributed by atoms with E-state index < -0.39 is 10.0 Å². The fraction of sp³-hybridized carbons (Fsp3) is 0.294. The van der Waals surface area contributed by atoms with Crippen LogP contribution in [0.2, 0.25) is 0 Å². The molecule has 0 fully saturated rings. The van der Waals surface area contributed by atoms with E-state index in [-0.39, 0.29) is 24.6 Å². The molecule has 0 heterocycles. The minimum Gasteiger partial charge on any atom is -0.494 e. The van der Waals surface area contributed by atoms with Crippen molar-refractivity contribution in [2.75, 3.05) is 19.8 Å². The molecular formula is C17H21NO4S. The van der Waals surface area contributed by atoms with Gasteiger partial charge in [0.2, 0.25) is 10.0 Å². The summed E-state index contributed by atoms with van der Waals surface area (Å²) in [6.45, 7) is 2.43. The van der Waals surface area contributed by atoms with Crippen molar-refractivity contribution in [2.45, 2.75) is 18.4 Å². The monoisotopic (exact) mass is 335 g/mol. The number of benzene rings is 2. The van der Waals surface area contributed by atoms with E-state index in [1.807, 2.05) is 37.3 Å². The standard InChI is InChI=1S/C17H21NO4S/c1-2-22-16-8-10-17(11-9-16)23(20,21)18(12-13-19)14-15-6-4-3-5-7-15/h3-11,19H,2,12-14H2,1H3. The Kier molecular flexibility index (Phi) is 6.15. The molecular weight excluding hydrogens is 314 g/mol. The molecule has 6 heteroatoms. The smallest absolute Gasteiger partial charge is 0.243 e. The van der Waals surface area contributed by atoms with E-state index in [1.54, 1.807) is 12.1 Å². The lowest BCUT2D eigenvalue weighted by Gasteiger charge is -2.21. The minimum absolute atomic E-state index is 0.0461. The van der Waals surface area contributed by atoms with E-state index in [9.17, 15) is 13.5 Å². The molecule has 0 aromatic heterocycles. The summed E-state index contributed by atoms with van der Waals surface area (Å²) in [7, 11) is -3.68. The third kappa shape index (κ3) is 4.54. The molecule has 0 spiro atoms. The van der Waals surface area contributed by atoms with Gasteiger partial charge in [-0.15, -0.1) is 0 Å². The first-order valence-corrected chi connectivity index (χ1v) is 8.89. The van der Waals surface area contributed by atoms with Crippen LogP contribution in [0, 0.1) is 0 Å². The topological polar surface area (TPSA) is 66.8 Å². The zero-order valence-electron chi connectivity index (χ0n) is 13.1. The van der Waals surface area contributed by atoms with Crippen LogP contribution in [0.1, 0.15) is 12.5 Å². The molecule has 0 atom stereocenters. The van der Waals surface area contributed by atoms with E-state index in [0.717, 1.165) is 5.56 Å². The molecule has 0 radical (unpaired) electrons. The summed E-state index contributed by atoms with van der Waals surface area (Å²) < 4.78 is 32.1. The van der Waals surface area contributed by atoms with Crippen molar-refractivity contribution in [1.82, 2.24) is 4.31 Å². The molecule has 2 aromatic carbocycles. The number of rotatable bonds is 8. The van der Waals surface area contributed by atoms with Crippen molar-refractivity contribution < 1.29 is 18.3 Å². The summed E-state index contributed by atoms with van der Waals surface area (Å²) in [6.07, 6.45) is 0. The number of hydrogen-bond acceptors (Lipinski definition) is 4. The van der Waals surface area contributed by atoms with Crippen molar-refractivity contribution >= 4 is 10.0 Å². The summed E-state index contributed by atoms with van der Waals surface area (Å²) >= 11 is 0. The predicted octanol–water partition coefficient (Wildman–Crippen LogP) is 2.27. The maximum Gasteiger partial charge on any atom is 0.243 e. The van der Waals surface area contributed by atoms with E-state index >= 15 is 0 Å². The van der Waals surface area contributed by atoms with Gasteiger partial charge in [0.25, 0.3) is 0 Å². The Morgan fingerprint density at radius 2 is 1.70 bits per heavy atom. The lowest BCUT2D eigenvalue weighted by atomic mass is 10.2. The van der Waals surface area contributed by atoms with Gasteiger partial charge in [0.1, 0.15) is 5.75 Å². The fourth-order valence-corrected chi connectivity index (χ4v) is 3.63. The zero-order valence-corrected chi connectivity index (χ0v) is 13.9. The Hall–Kier alpha value is -1.89. The van der Waals surface area contributed by atoms with Gasteiger partial charge in [0.05, 0.1) is 18.1 Å². The molecule has 0 unspecified atom stereocenters. The van der Waals surface area contributed by atoms with Crippen LogP contribution in [0.15, 0.2) is 59.5 Å². The van der Waals surface area contributed by atoms with Crippen molar-refractivity contribution in [3.8, 4) is 5.75 Å². The van der Waals surface area contributed by atoms with E-state index in [4.69, 9.17) is 4.74 Å². The van der Waals surface area contributed by atoms with Gasteiger partial charge in [-0.2, -0.15) is 4.31 Å². The molecule has 124 valence electrons. The highest BCUT2D eigenvalue weighted by Crippen LogP contribution is 2.21. The Balaban J connectivity index is 2.25. The number of hydrogen-bond donors (Lipinski definition) is 1. The van der Waals surface area contributed by atoms with Crippen LogP contribution in [0.4, 0.5) is 0 Å². The second-order valence-corrected chi connectivity index (χ2v) is 6.89. The van der Waals surface area contributed by atoms with Crippen molar-refractivity contribution in [2.24, 2.45) is 0 Å². The zero-order chi connectivity index (χ0) is 16.7. The normalized spacial score (nSPS) is 11.6. The third-order valence-corrected chi connectivity index (χ3v) is 5.18. The average molecular weight is 335 g/mol. The SMILES string of the molecule is CCOc1ccc(S(=O)(=O)N(CCO)Cc2ccccc2)cc1. The molecule has 0 aliphatic rings. The first kappa shape index (κ1) is 17.5. The van der Waals surface area contributed by atoms with Gasteiger partial charge in [-0.1, -0.05) is 30.3 Å². The maximum atomic E-state index is 12.8. The second-order valence-electron chi connectivity index (χ2n) is 4.95. The van der Waals surface area contributed by atoms with Gasteiger partial charge in [0.15, 0.2) is 0 Å². The van der Waals surface area contributed by atoms with Crippen LogP contribution >= 0.6 is 0 Å². The minimum atomic E-state index is -3.68. The van der Waals surface area contributed by atoms with Gasteiger partial charge in [0, 0.05) is 13.1 Å². The molecule has 23 heavy (non-hydrogen) atoms. The summed E-state index contributed by atoms with van der Waals surface area (Å²) in [5.41, 5.74) is 0.871. The molecule has 0 saturated heterocycles. The number of ether oxygens (including phenoxy) is 1. The molecule has 0 aliphatic carbocycles. The lowest BCUT2D eigenvalue weighted by molar-refractivity contribution is 0.251. The fourth-order valence-electron chi connectivity index (χ4n) is 2.21. The van der Waals surface area contributed by atoms with Gasteiger partial charge >= 0.3 is 0 Å². The molecule has 1 N–H and O–H groups in total. The highest BCUT2D eigenvalue weighted by Gasteiger charge is 2.24. The first-order chi connectivity index (χ1) is 11.1. The summed E-state index contributed by atoms with van der Waals surface area (Å²) in [6, 6.07) is 15.6. The summed E-state index contributed by atoms with van der Waals surface area (Å²) in [5, 5.41) is 9.21. The predicted molar refractivity (Wildman–Crippen MR) is 88.7 cm³/mol. The summed E-state index contributed by atoms with van der Waals surface area (Å²) in [4.78, 5) is 0.185. The molecule has 2 rings (SSSR count). The van der Waals surface area contributed by atoms with Crippen LogP contribution in [0.5, 0.6) is 5.75 Å². The molecule has 0 bridgehead atoms. The Labute approximate surface area is 137 Å². The lowest BCUT2D eigenvalue weighted by Crippen LogP contribution is -2.33. The molecule has 0 amide bonds. The first-order valence-electron chi connectivity index (χ1n) is 7.45. The van der Waals surface area contributed by atoms with Crippen LogP contribution in [0.25, 0.3) is 0 Å². The number of aliphatic hydroxyl groups excluding tert-OH is 1. The van der Waals surface area contributed by atoms with Crippen LogP contribution < -0.4 is 4.74 Å². The Morgan fingerprint density at radius 1 is 1.04 bits per heavy atom. The number of nitrogens with zero attached hydrogens (tertiary/aromatic N) is 1. The Bertz CT molecular complexity index is 699. The number of sulfonamides is 1.